The van der Waals surface area contributed by atoms with Gasteiger partial charge in [0.15, 0.2) is 0 Å². The van der Waals surface area contributed by atoms with Crippen LogP contribution < -0.4 is 0 Å². The Labute approximate surface area is 104 Å². The number of hydrogen-bond acceptors (Lipinski definition) is 2. The van der Waals surface area contributed by atoms with Crippen LogP contribution in [0.4, 0.5) is 0 Å². The molecule has 0 bridgehead atoms. The van der Waals surface area contributed by atoms with Gasteiger partial charge in [-0.25, -0.2) is 8.42 Å². The van der Waals surface area contributed by atoms with E-state index in [1.807, 2.05) is 22.6 Å². The van der Waals surface area contributed by atoms with Gasteiger partial charge in [0.25, 0.3) is 0 Å². The van der Waals surface area contributed by atoms with E-state index in [9.17, 15) is 8.42 Å². The van der Waals surface area contributed by atoms with Gasteiger partial charge in [0, 0.05) is 13.6 Å². The zero-order valence-corrected chi connectivity index (χ0v) is 11.3. The zero-order chi connectivity index (χ0) is 11.5. The number of rotatable bonds is 4. The molecule has 15 heavy (non-hydrogen) atoms. The van der Waals surface area contributed by atoms with Crippen molar-refractivity contribution in [3.05, 3.63) is 40.5 Å². The lowest BCUT2D eigenvalue weighted by atomic mass is 10.4. The molecule has 1 aromatic carbocycles. The highest BCUT2D eigenvalue weighted by Crippen LogP contribution is 2.15. The van der Waals surface area contributed by atoms with Gasteiger partial charge >= 0.3 is 0 Å². The number of benzene rings is 1. The summed E-state index contributed by atoms with van der Waals surface area (Å²) in [7, 11) is -1.82. The Kier molecular flexibility index (Phi) is 4.30. The van der Waals surface area contributed by atoms with Crippen LogP contribution in [0.25, 0.3) is 0 Å². The third kappa shape index (κ3) is 3.29. The summed E-state index contributed by atoms with van der Waals surface area (Å²) in [5, 5.41) is 0. The third-order valence-electron chi connectivity index (χ3n) is 1.85. The number of halogens is 1. The normalized spacial score (nSPS) is 11.7. The van der Waals surface area contributed by atoms with Crippen LogP contribution in [0.2, 0.25) is 0 Å². The predicted molar refractivity (Wildman–Crippen MR) is 69.4 cm³/mol. The molecule has 0 unspecified atom stereocenters. The predicted octanol–water partition coefficient (Wildman–Crippen LogP) is 2.26. The van der Waals surface area contributed by atoms with Gasteiger partial charge in [0.2, 0.25) is 10.0 Å². The zero-order valence-electron chi connectivity index (χ0n) is 8.35. The molecule has 0 fully saturated rings. The fourth-order valence-corrected chi connectivity index (χ4v) is 3.03. The Morgan fingerprint density at radius 3 is 2.40 bits per heavy atom. The van der Waals surface area contributed by atoms with Crippen LogP contribution in [0.15, 0.2) is 45.4 Å². The summed E-state index contributed by atoms with van der Waals surface area (Å²) in [5.74, 6) is 0. The SMILES string of the molecule is C=C(I)CN(C)S(=O)(=O)c1ccccc1. The average molecular weight is 337 g/mol. The van der Waals surface area contributed by atoms with E-state index in [1.54, 1.807) is 37.4 Å². The molecular weight excluding hydrogens is 325 g/mol. The largest absolute Gasteiger partial charge is 0.243 e. The lowest BCUT2D eigenvalue weighted by molar-refractivity contribution is 0.498. The summed E-state index contributed by atoms with van der Waals surface area (Å²) in [6, 6.07) is 8.37. The standard InChI is InChI=1S/C10H12INO2S/c1-9(11)8-12(2)15(13,14)10-6-4-3-5-7-10/h3-7H,1,8H2,2H3. The Bertz CT molecular complexity index is 442. The number of nitrogens with zero attached hydrogens (tertiary/aromatic N) is 1. The van der Waals surface area contributed by atoms with E-state index < -0.39 is 10.0 Å². The van der Waals surface area contributed by atoms with Crippen molar-refractivity contribution >= 4 is 32.6 Å². The summed E-state index contributed by atoms with van der Waals surface area (Å²) in [6.45, 7) is 4.01. The van der Waals surface area contributed by atoms with Gasteiger partial charge in [-0.3, -0.25) is 0 Å². The monoisotopic (exact) mass is 337 g/mol. The second-order valence-corrected chi connectivity index (χ2v) is 6.66. The minimum atomic E-state index is -3.37. The van der Waals surface area contributed by atoms with Crippen molar-refractivity contribution in [1.82, 2.24) is 4.31 Å². The van der Waals surface area contributed by atoms with Crippen LogP contribution in [0.1, 0.15) is 0 Å². The molecule has 0 saturated heterocycles. The Hall–Kier alpha value is -0.400. The number of sulfonamides is 1. The average Bonchev–Trinajstić information content (AvgIpc) is 2.18. The van der Waals surface area contributed by atoms with E-state index in [1.165, 1.54) is 4.31 Å². The Morgan fingerprint density at radius 1 is 1.40 bits per heavy atom. The second kappa shape index (κ2) is 5.09. The molecule has 0 radical (unpaired) electrons. The molecule has 3 nitrogen and oxygen atoms in total. The van der Waals surface area contributed by atoms with Crippen LogP contribution >= 0.6 is 22.6 Å². The first-order valence-corrected chi connectivity index (χ1v) is 6.81. The van der Waals surface area contributed by atoms with Gasteiger partial charge in [-0.1, -0.05) is 24.8 Å². The minimum absolute atomic E-state index is 0.310. The van der Waals surface area contributed by atoms with Gasteiger partial charge in [0.1, 0.15) is 0 Å². The molecule has 0 heterocycles. The van der Waals surface area contributed by atoms with E-state index in [2.05, 4.69) is 6.58 Å². The summed E-state index contributed by atoms with van der Waals surface area (Å²) in [5.41, 5.74) is 0. The smallest absolute Gasteiger partial charge is 0.207 e. The van der Waals surface area contributed by atoms with Gasteiger partial charge in [0.05, 0.1) is 4.90 Å². The third-order valence-corrected chi connectivity index (χ3v) is 4.00. The molecule has 0 aliphatic rings. The van der Waals surface area contributed by atoms with Gasteiger partial charge in [-0.15, -0.1) is 0 Å². The molecule has 0 aliphatic carbocycles. The molecule has 0 spiro atoms. The molecule has 0 aromatic heterocycles. The van der Waals surface area contributed by atoms with Crippen molar-refractivity contribution in [3.63, 3.8) is 0 Å². The Balaban J connectivity index is 2.99. The van der Waals surface area contributed by atoms with E-state index in [0.717, 1.165) is 3.58 Å². The first-order chi connectivity index (χ1) is 6.94. The first kappa shape index (κ1) is 12.7. The highest BCUT2D eigenvalue weighted by molar-refractivity contribution is 14.1. The molecule has 0 aliphatic heterocycles. The van der Waals surface area contributed by atoms with Crippen LogP contribution in [-0.2, 0) is 10.0 Å². The topological polar surface area (TPSA) is 37.4 Å². The Morgan fingerprint density at radius 2 is 1.93 bits per heavy atom. The number of hydrogen-bond donors (Lipinski definition) is 0. The second-order valence-electron chi connectivity index (χ2n) is 3.09. The quantitative estimate of drug-likeness (QED) is 0.791. The summed E-state index contributed by atoms with van der Waals surface area (Å²) in [6.07, 6.45) is 0. The van der Waals surface area contributed by atoms with Crippen LogP contribution in [-0.4, -0.2) is 26.3 Å². The lowest BCUT2D eigenvalue weighted by Gasteiger charge is -2.16. The van der Waals surface area contributed by atoms with Gasteiger partial charge in [-0.2, -0.15) is 4.31 Å². The van der Waals surface area contributed by atoms with Crippen molar-refractivity contribution < 1.29 is 8.42 Å². The molecule has 1 rings (SSSR count). The molecular formula is C10H12INO2S. The maximum absolute atomic E-state index is 11.9. The molecule has 82 valence electrons. The summed E-state index contributed by atoms with van der Waals surface area (Å²) in [4.78, 5) is 0.310. The van der Waals surface area contributed by atoms with Crippen LogP contribution in [0.5, 0.6) is 0 Å². The van der Waals surface area contributed by atoms with E-state index in [-0.39, 0.29) is 0 Å². The van der Waals surface area contributed by atoms with Crippen molar-refractivity contribution in [2.45, 2.75) is 4.90 Å². The minimum Gasteiger partial charge on any atom is -0.207 e. The molecule has 0 atom stereocenters. The van der Waals surface area contributed by atoms with Crippen LogP contribution in [0, 0.1) is 0 Å². The molecule has 5 heteroatoms. The molecule has 1 aromatic rings. The fraction of sp³-hybridized carbons (Fsp3) is 0.200. The van der Waals surface area contributed by atoms with Crippen molar-refractivity contribution in [1.29, 1.82) is 0 Å². The van der Waals surface area contributed by atoms with Crippen LogP contribution in [0.3, 0.4) is 0 Å². The highest BCUT2D eigenvalue weighted by Gasteiger charge is 2.19. The summed E-state index contributed by atoms with van der Waals surface area (Å²) >= 11 is 2.02. The fourth-order valence-electron chi connectivity index (χ4n) is 1.10. The van der Waals surface area contributed by atoms with Gasteiger partial charge < -0.3 is 0 Å². The van der Waals surface area contributed by atoms with Crippen molar-refractivity contribution in [2.75, 3.05) is 13.6 Å². The lowest BCUT2D eigenvalue weighted by Crippen LogP contribution is -2.27. The maximum atomic E-state index is 11.9. The van der Waals surface area contributed by atoms with E-state index in [4.69, 9.17) is 0 Å². The van der Waals surface area contributed by atoms with E-state index >= 15 is 0 Å². The molecule has 0 N–H and O–H groups in total. The molecule has 0 amide bonds. The first-order valence-electron chi connectivity index (χ1n) is 4.29. The van der Waals surface area contributed by atoms with E-state index in [0.29, 0.717) is 11.4 Å². The maximum Gasteiger partial charge on any atom is 0.243 e. The molecule has 0 saturated carbocycles. The summed E-state index contributed by atoms with van der Waals surface area (Å²) < 4.78 is 26.0. The van der Waals surface area contributed by atoms with Crippen molar-refractivity contribution in [2.24, 2.45) is 0 Å². The number of likely N-dealkylation sites (N-methyl/N-ethyl adjacent to an activating group) is 1. The van der Waals surface area contributed by atoms with Crippen molar-refractivity contribution in [3.8, 4) is 0 Å². The highest BCUT2D eigenvalue weighted by atomic mass is 127. The van der Waals surface area contributed by atoms with Gasteiger partial charge in [-0.05, 0) is 38.3 Å².